The molecule has 0 aromatic carbocycles. The van der Waals surface area contributed by atoms with E-state index in [0.717, 1.165) is 6.07 Å². The van der Waals surface area contributed by atoms with Gasteiger partial charge >= 0.3 is 6.18 Å². The predicted molar refractivity (Wildman–Crippen MR) is 108 cm³/mol. The lowest BCUT2D eigenvalue weighted by Gasteiger charge is -2.47. The van der Waals surface area contributed by atoms with Crippen LogP contribution in [0.1, 0.15) is 26.1 Å². The highest BCUT2D eigenvalue weighted by Gasteiger charge is 2.38. The number of nitrogens with zero attached hydrogens (tertiary/aromatic N) is 5. The first-order valence-electron chi connectivity index (χ1n) is 9.99. The number of amides is 2. The van der Waals surface area contributed by atoms with Crippen LogP contribution in [-0.2, 0) is 6.18 Å². The van der Waals surface area contributed by atoms with E-state index in [1.165, 1.54) is 23.5 Å². The quantitative estimate of drug-likeness (QED) is 0.592. The van der Waals surface area contributed by atoms with Crippen LogP contribution in [0, 0.1) is 0 Å². The molecule has 2 aliphatic heterocycles. The molecular weight excluding hydrogens is 447 g/mol. The third-order valence-electron chi connectivity index (χ3n) is 5.77. The Labute approximate surface area is 184 Å². The van der Waals surface area contributed by atoms with E-state index in [-0.39, 0.29) is 29.3 Å². The number of carbonyl (C=O) groups is 2. The fourth-order valence-corrected chi connectivity index (χ4v) is 4.55. The lowest BCUT2D eigenvalue weighted by Crippen LogP contribution is -2.64. The Morgan fingerprint density at radius 1 is 1.06 bits per heavy atom. The molecule has 2 aliphatic rings. The number of furan rings is 1. The van der Waals surface area contributed by atoms with Crippen molar-refractivity contribution in [2.75, 3.05) is 39.3 Å². The van der Waals surface area contributed by atoms with E-state index in [1.54, 1.807) is 21.4 Å². The largest absolute Gasteiger partial charge is 0.433 e. The summed E-state index contributed by atoms with van der Waals surface area (Å²) in [7, 11) is 0. The van der Waals surface area contributed by atoms with Gasteiger partial charge < -0.3 is 14.2 Å². The van der Waals surface area contributed by atoms with Gasteiger partial charge in [-0.1, -0.05) is 0 Å². The topological polar surface area (TPSA) is 82.8 Å². The molecule has 0 bridgehead atoms. The Bertz CT molecular complexity index is 1150. The molecule has 32 heavy (non-hydrogen) atoms. The fourth-order valence-electron chi connectivity index (χ4n) is 3.94. The number of alkyl halides is 3. The van der Waals surface area contributed by atoms with Crippen molar-refractivity contribution in [3.05, 3.63) is 46.2 Å². The van der Waals surface area contributed by atoms with Gasteiger partial charge in [0.25, 0.3) is 11.8 Å². The van der Waals surface area contributed by atoms with Crippen LogP contribution in [0.2, 0.25) is 0 Å². The average molecular weight is 465 g/mol. The number of carbonyl (C=O) groups excluding carboxylic acids is 2. The maximum Gasteiger partial charge on any atom is 0.433 e. The minimum absolute atomic E-state index is 0.0239. The minimum atomic E-state index is -4.58. The summed E-state index contributed by atoms with van der Waals surface area (Å²) in [5.41, 5.74) is -1.27. The third-order valence-corrected chi connectivity index (χ3v) is 6.53. The normalized spacial score (nSPS) is 18.2. The van der Waals surface area contributed by atoms with Crippen LogP contribution in [0.15, 0.2) is 34.2 Å². The number of rotatable bonds is 3. The minimum Gasteiger partial charge on any atom is -0.433 e. The van der Waals surface area contributed by atoms with Gasteiger partial charge in [-0.2, -0.15) is 13.2 Å². The van der Waals surface area contributed by atoms with E-state index in [2.05, 4.69) is 14.9 Å². The zero-order valence-corrected chi connectivity index (χ0v) is 17.5. The second-order valence-electron chi connectivity index (χ2n) is 7.73. The molecule has 0 aliphatic carbocycles. The lowest BCUT2D eigenvalue weighted by molar-refractivity contribution is -0.141. The van der Waals surface area contributed by atoms with E-state index >= 15 is 0 Å². The maximum absolute atomic E-state index is 12.8. The predicted octanol–water partition coefficient (Wildman–Crippen LogP) is 2.59. The number of aromatic nitrogens is 2. The van der Waals surface area contributed by atoms with Crippen molar-refractivity contribution in [1.82, 2.24) is 24.7 Å². The summed E-state index contributed by atoms with van der Waals surface area (Å²) in [6.45, 7) is 3.48. The Hall–Kier alpha value is -2.99. The van der Waals surface area contributed by atoms with Crippen LogP contribution >= 0.6 is 11.3 Å². The Kier molecular flexibility index (Phi) is 5.13. The van der Waals surface area contributed by atoms with Gasteiger partial charge in [0.1, 0.15) is 5.69 Å². The van der Waals surface area contributed by atoms with E-state index in [4.69, 9.17) is 4.42 Å². The summed E-state index contributed by atoms with van der Waals surface area (Å²) < 4.78 is 43.9. The fraction of sp³-hybridized carbons (Fsp3) is 0.400. The first kappa shape index (κ1) is 20.9. The van der Waals surface area contributed by atoms with E-state index < -0.39 is 11.9 Å². The molecule has 2 saturated heterocycles. The molecule has 12 heteroatoms. The zero-order chi connectivity index (χ0) is 22.5. The summed E-state index contributed by atoms with van der Waals surface area (Å²) in [5, 5.41) is 2.61. The average Bonchev–Trinajstić information content (AvgIpc) is 3.41. The van der Waals surface area contributed by atoms with Gasteiger partial charge in [0, 0.05) is 62.3 Å². The molecule has 0 saturated carbocycles. The van der Waals surface area contributed by atoms with Crippen LogP contribution in [0.3, 0.4) is 0 Å². The Balaban J connectivity index is 1.17. The molecule has 0 N–H and O–H groups in total. The van der Waals surface area contributed by atoms with Crippen LogP contribution in [0.25, 0.3) is 11.1 Å². The molecular formula is C20H18F3N5O3S. The van der Waals surface area contributed by atoms with Crippen molar-refractivity contribution in [1.29, 1.82) is 0 Å². The van der Waals surface area contributed by atoms with Gasteiger partial charge in [-0.25, -0.2) is 9.97 Å². The smallest absolute Gasteiger partial charge is 0.433 e. The second kappa shape index (κ2) is 7.85. The third kappa shape index (κ3) is 3.84. The van der Waals surface area contributed by atoms with Crippen molar-refractivity contribution in [3.63, 3.8) is 0 Å². The second-order valence-corrected chi connectivity index (χ2v) is 8.62. The Morgan fingerprint density at radius 3 is 2.47 bits per heavy atom. The lowest BCUT2D eigenvalue weighted by atomic mass is 10.1. The zero-order valence-electron chi connectivity index (χ0n) is 16.7. The number of piperazine rings is 1. The standard InChI is InChI=1S/C20H18F3N5O3S/c21-20(22,23)15-2-1-12-9-14(31-16(12)25-15)18(29)27-6-4-26(5-7-27)13-10-28(11-13)19(30)17-24-3-8-32-17/h1-3,8-9,13H,4-7,10-11H2. The molecule has 3 aromatic heterocycles. The number of halogens is 3. The maximum atomic E-state index is 12.8. The van der Waals surface area contributed by atoms with E-state index in [1.807, 2.05) is 0 Å². The molecule has 0 unspecified atom stereocenters. The summed E-state index contributed by atoms with van der Waals surface area (Å²) in [6.07, 6.45) is -2.97. The first-order chi connectivity index (χ1) is 15.3. The number of fused-ring (bicyclic) bond motifs is 1. The van der Waals surface area contributed by atoms with Gasteiger partial charge in [-0.05, 0) is 18.2 Å². The van der Waals surface area contributed by atoms with Crippen molar-refractivity contribution in [2.45, 2.75) is 12.2 Å². The first-order valence-corrected chi connectivity index (χ1v) is 10.9. The highest BCUT2D eigenvalue weighted by atomic mass is 32.1. The van der Waals surface area contributed by atoms with Gasteiger partial charge in [0.2, 0.25) is 5.71 Å². The molecule has 2 amide bonds. The van der Waals surface area contributed by atoms with Crippen molar-refractivity contribution >= 4 is 34.3 Å². The molecule has 0 spiro atoms. The SMILES string of the molecule is O=C(c1cc2ccc(C(F)(F)F)nc2o1)N1CCN(C2CN(C(=O)c3nccs3)C2)CC1. The molecule has 5 rings (SSSR count). The van der Waals surface area contributed by atoms with E-state index in [9.17, 15) is 22.8 Å². The monoisotopic (exact) mass is 465 g/mol. The summed E-state index contributed by atoms with van der Waals surface area (Å²) in [6, 6.07) is 3.78. The molecule has 0 radical (unpaired) electrons. The van der Waals surface area contributed by atoms with Crippen molar-refractivity contribution in [2.24, 2.45) is 0 Å². The van der Waals surface area contributed by atoms with Crippen LogP contribution in [-0.4, -0.2) is 81.8 Å². The Morgan fingerprint density at radius 2 is 1.81 bits per heavy atom. The van der Waals surface area contributed by atoms with Gasteiger partial charge in [0.15, 0.2) is 10.8 Å². The van der Waals surface area contributed by atoms with Gasteiger partial charge in [-0.3, -0.25) is 14.5 Å². The van der Waals surface area contributed by atoms with E-state index in [0.29, 0.717) is 49.7 Å². The van der Waals surface area contributed by atoms with Crippen molar-refractivity contribution in [3.8, 4) is 0 Å². The summed E-state index contributed by atoms with van der Waals surface area (Å²) in [4.78, 5) is 38.2. The van der Waals surface area contributed by atoms with Gasteiger partial charge in [0.05, 0.1) is 0 Å². The van der Waals surface area contributed by atoms with Gasteiger partial charge in [-0.15, -0.1) is 11.3 Å². The molecule has 0 atom stereocenters. The number of likely N-dealkylation sites (tertiary alicyclic amines) is 1. The number of thiazole rings is 1. The number of pyridine rings is 1. The van der Waals surface area contributed by atoms with Crippen LogP contribution in [0.4, 0.5) is 13.2 Å². The van der Waals surface area contributed by atoms with Crippen LogP contribution < -0.4 is 0 Å². The highest BCUT2D eigenvalue weighted by molar-refractivity contribution is 7.11. The summed E-state index contributed by atoms with van der Waals surface area (Å²) in [5.74, 6) is -0.452. The molecule has 2 fully saturated rings. The molecule has 3 aromatic rings. The summed E-state index contributed by atoms with van der Waals surface area (Å²) >= 11 is 1.32. The molecule has 168 valence electrons. The molecule has 8 nitrogen and oxygen atoms in total. The highest BCUT2D eigenvalue weighted by Crippen LogP contribution is 2.30. The van der Waals surface area contributed by atoms with Crippen molar-refractivity contribution < 1.29 is 27.2 Å². The number of hydrogen-bond donors (Lipinski definition) is 0. The number of hydrogen-bond acceptors (Lipinski definition) is 7. The molecule has 5 heterocycles. The van der Waals surface area contributed by atoms with Crippen LogP contribution in [0.5, 0.6) is 0 Å².